The lowest BCUT2D eigenvalue weighted by molar-refractivity contribution is -0.118. The Labute approximate surface area is 704 Å². The van der Waals surface area contributed by atoms with Crippen LogP contribution in [0, 0.1) is 6.92 Å². The Morgan fingerprint density at radius 3 is 1.69 bits per heavy atom. The lowest BCUT2D eigenvalue weighted by atomic mass is 9.92. The molecule has 588 valence electrons. The number of aryl methyl sites for hydroxylation is 1. The van der Waals surface area contributed by atoms with Gasteiger partial charge >= 0.3 is 0 Å². The first-order valence-corrected chi connectivity index (χ1v) is 42.6. The fraction of sp³-hybridized carbons (Fsp3) is 0.0543. The fourth-order valence-corrected chi connectivity index (χ4v) is 18.5. The van der Waals surface area contributed by atoms with Crippen molar-refractivity contribution in [1.29, 1.82) is 0 Å². The summed E-state index contributed by atoms with van der Waals surface area (Å²) in [5.74, 6) is -0.488. The molecule has 0 radical (unpaired) electrons. The normalized spacial score (nSPS) is 12.2. The molecule has 0 saturated carbocycles. The van der Waals surface area contributed by atoms with Crippen LogP contribution in [0.15, 0.2) is 287 Å². The largest absolute Gasteiger partial charge is 0.593 e. The first kappa shape index (κ1) is 77.7. The van der Waals surface area contributed by atoms with Crippen molar-refractivity contribution >= 4 is 151 Å². The van der Waals surface area contributed by atoms with Gasteiger partial charge in [-0.05, 0) is 174 Å². The third kappa shape index (κ3) is 15.7. The standard InChI is InChI=1S/C92H62Cl3N13O9S3/c1-50-21-22-65(47-98-50)107-118(113)48-63-46-101-91-76(89(63)112)42-71(82(103-91)51-12-5-3-6-13-51)58-33-60-34-61(44-99-86(60)78(94)37-58)52-14-9-16-54(30-52)84-70(41-74-80(109)40-66(102-92(74)105-84)49-119(114)106-64-23-25-67(117-2)26-24-64)59-35-73-69(27-29-97-87(73)79(95)38-59)53-15-10-17-55(31-53)83-72(57-32-56-18-11-28-96-85(56)77(93)36-57)43-75-88(111)62(45-100-90(75)104-83)39-81(110)108-120(115,116)68-19-7-4-8-20-68/h3-38,40-47,106-107H,39,48-49H2,1-2H3,(H,108,110)(H,100,104,111)(H,101,103,112)(H,102,105,109). The summed E-state index contributed by atoms with van der Waals surface area (Å²) in [6.45, 7) is 1.86. The molecule has 0 bridgehead atoms. The molecule has 6 N–H and O–H groups in total. The molecule has 18 aromatic rings. The summed E-state index contributed by atoms with van der Waals surface area (Å²) in [5, 5.41) is 3.58. The lowest BCUT2D eigenvalue weighted by Crippen LogP contribution is -2.33. The highest BCUT2D eigenvalue weighted by Gasteiger charge is 2.26. The number of H-pyrrole nitrogens is 3. The van der Waals surface area contributed by atoms with Crippen molar-refractivity contribution in [3.63, 3.8) is 0 Å². The summed E-state index contributed by atoms with van der Waals surface area (Å²) >= 11 is 18.4. The molecular formula is C92H62Cl3N13O9S3. The van der Waals surface area contributed by atoms with E-state index in [0.29, 0.717) is 149 Å². The zero-order valence-electron chi connectivity index (χ0n) is 63.2. The topological polar surface area (TPSA) is 331 Å². The van der Waals surface area contributed by atoms with Crippen LogP contribution < -0.4 is 35.2 Å². The number of sulfonamides is 1. The number of anilines is 2. The van der Waals surface area contributed by atoms with Gasteiger partial charge in [0.1, 0.15) is 22.7 Å². The maximum absolute atomic E-state index is 14.7. The number of amides is 1. The van der Waals surface area contributed by atoms with Crippen molar-refractivity contribution in [1.82, 2.24) is 54.6 Å². The summed E-state index contributed by atoms with van der Waals surface area (Å²) in [6, 6.07) is 68.3. The van der Waals surface area contributed by atoms with Gasteiger partial charge in [0.15, 0.2) is 27.8 Å². The molecule has 2 atom stereocenters. The minimum absolute atomic E-state index is 0.00749. The highest BCUT2D eigenvalue weighted by atomic mass is 35.5. The smallest absolute Gasteiger partial charge is 0.264 e. The molecule has 0 aliphatic carbocycles. The predicted octanol–water partition coefficient (Wildman–Crippen LogP) is 18.6. The zero-order chi connectivity index (χ0) is 82.6. The minimum Gasteiger partial charge on any atom is -0.593 e. The minimum atomic E-state index is -4.25. The molecule has 18 rings (SSSR count). The molecule has 8 aromatic carbocycles. The van der Waals surface area contributed by atoms with Crippen molar-refractivity contribution in [2.75, 3.05) is 16.6 Å². The Kier molecular flexibility index (Phi) is 21.0. The maximum Gasteiger partial charge on any atom is 0.264 e. The van der Waals surface area contributed by atoms with Crippen molar-refractivity contribution < 1.29 is 27.1 Å². The lowest BCUT2D eigenvalue weighted by Gasteiger charge is -2.16. The number of benzene rings is 8. The van der Waals surface area contributed by atoms with Crippen LogP contribution in [0.3, 0.4) is 0 Å². The van der Waals surface area contributed by atoms with E-state index in [-0.39, 0.29) is 65.4 Å². The van der Waals surface area contributed by atoms with Crippen LogP contribution in [0.1, 0.15) is 22.5 Å². The number of hydrogen-bond acceptors (Lipinski definition) is 18. The number of aromatic nitrogens is 10. The molecule has 0 aliphatic rings. The van der Waals surface area contributed by atoms with E-state index < -0.39 is 55.9 Å². The molecule has 22 nitrogen and oxygen atoms in total. The molecule has 0 fully saturated rings. The fourth-order valence-electron chi connectivity index (χ4n) is 14.8. The summed E-state index contributed by atoms with van der Waals surface area (Å²) in [7, 11) is -2.70. The molecule has 120 heavy (non-hydrogen) atoms. The van der Waals surface area contributed by atoms with E-state index >= 15 is 0 Å². The number of nitrogens with zero attached hydrogens (tertiary/aromatic N) is 7. The number of ether oxygens (including phenoxy) is 1. The zero-order valence-corrected chi connectivity index (χ0v) is 67.9. The van der Waals surface area contributed by atoms with Crippen molar-refractivity contribution in [2.45, 2.75) is 29.7 Å². The molecule has 0 aliphatic heterocycles. The third-order valence-electron chi connectivity index (χ3n) is 20.5. The van der Waals surface area contributed by atoms with Gasteiger partial charge in [0, 0.05) is 103 Å². The van der Waals surface area contributed by atoms with Gasteiger partial charge in [0.2, 0.25) is 5.91 Å². The summed E-state index contributed by atoms with van der Waals surface area (Å²) < 4.78 is 67.1. The van der Waals surface area contributed by atoms with Crippen LogP contribution in [0.4, 0.5) is 11.4 Å². The Bertz CT molecular complexity index is 7530. The number of rotatable bonds is 21. The van der Waals surface area contributed by atoms with Crippen LogP contribution in [-0.2, 0) is 55.5 Å². The second-order valence-corrected chi connectivity index (χ2v) is 33.7. The highest BCUT2D eigenvalue weighted by molar-refractivity contribution is 7.92. The number of carbonyl (C=O) groups is 1. The quantitative estimate of drug-likeness (QED) is 0.0364. The Morgan fingerprint density at radius 2 is 1.01 bits per heavy atom. The summed E-state index contributed by atoms with van der Waals surface area (Å²) in [6.07, 6.45) is 8.96. The molecule has 0 saturated heterocycles. The average molecular weight is 1700 g/mol. The molecule has 28 heteroatoms. The number of methoxy groups -OCH3 is 1. The monoisotopic (exact) mass is 1690 g/mol. The molecule has 1 amide bonds. The SMILES string of the molecule is COc1ccc(N[S+]([O-])Cc2cc(=O)c3cc(-c4cc(Cl)c5nccc(-c6cccc(-c7nc8[nH]cc(CC(=O)NS(=O)(=O)c9ccccc9)c(=O)c8cc7-c7cc(Cl)c8ncccc8c7)c6)c5c4)c(-c4cccc(-c5cnc6c(Cl)cc(-c7cc8c(=O)c(C[S+]([O-])Nc9ccc(C)nc9)c[nH]c8nc7-c7ccccc7)cc6c5)c4)nc3[nH]2)cc1. The van der Waals surface area contributed by atoms with Gasteiger partial charge in [0.05, 0.1) is 135 Å². The van der Waals surface area contributed by atoms with Crippen molar-refractivity contribution in [3.05, 3.63) is 336 Å². The number of nitrogens with one attached hydrogen (secondary N) is 6. The van der Waals surface area contributed by atoms with Crippen molar-refractivity contribution in [2.24, 2.45) is 0 Å². The van der Waals surface area contributed by atoms with Crippen LogP contribution in [0.25, 0.3) is 155 Å². The van der Waals surface area contributed by atoms with Gasteiger partial charge < -0.3 is 28.8 Å². The second-order valence-electron chi connectivity index (χ2n) is 28.4. The first-order valence-electron chi connectivity index (χ1n) is 37.3. The molecule has 2 unspecified atom stereocenters. The van der Waals surface area contributed by atoms with Crippen molar-refractivity contribution in [3.8, 4) is 95.2 Å². The second kappa shape index (κ2) is 32.4. The van der Waals surface area contributed by atoms with E-state index in [1.54, 1.807) is 123 Å². The molecular weight excluding hydrogens is 1630 g/mol. The molecule has 10 heterocycles. The number of pyridine rings is 10. The third-order valence-corrected chi connectivity index (χ3v) is 24.9. The predicted molar refractivity (Wildman–Crippen MR) is 477 cm³/mol. The summed E-state index contributed by atoms with van der Waals surface area (Å²) in [4.78, 5) is 101. The van der Waals surface area contributed by atoms with Crippen LogP contribution in [0.2, 0.25) is 15.1 Å². The van der Waals surface area contributed by atoms with Crippen LogP contribution >= 0.6 is 34.8 Å². The van der Waals surface area contributed by atoms with E-state index in [1.165, 1.54) is 36.5 Å². The van der Waals surface area contributed by atoms with E-state index in [0.717, 1.165) is 16.8 Å². The Hall–Kier alpha value is -13.5. The molecule has 10 aromatic heterocycles. The van der Waals surface area contributed by atoms with Gasteiger partial charge in [-0.25, -0.2) is 37.5 Å². The van der Waals surface area contributed by atoms with E-state index in [9.17, 15) is 36.7 Å². The molecule has 0 spiro atoms. The first-order chi connectivity index (χ1) is 58.2. The highest BCUT2D eigenvalue weighted by Crippen LogP contribution is 2.44. The number of carbonyl (C=O) groups excluding carboxylic acids is 1. The van der Waals surface area contributed by atoms with Crippen LogP contribution in [-0.4, -0.2) is 80.4 Å². The number of halogens is 3. The Morgan fingerprint density at radius 1 is 0.458 bits per heavy atom. The van der Waals surface area contributed by atoms with E-state index in [2.05, 4.69) is 39.1 Å². The van der Waals surface area contributed by atoms with Gasteiger partial charge in [-0.2, -0.15) is 0 Å². The van der Waals surface area contributed by atoms with Gasteiger partial charge in [-0.3, -0.25) is 39.1 Å². The number of hydrogen-bond donors (Lipinski definition) is 6. The summed E-state index contributed by atoms with van der Waals surface area (Å²) in [5.41, 5.74) is 13.2. The average Bonchev–Trinajstić information content (AvgIpc) is 0.754. The maximum atomic E-state index is 14.7. The van der Waals surface area contributed by atoms with E-state index in [1.807, 2.05) is 122 Å². The number of aromatic amines is 3. The van der Waals surface area contributed by atoms with E-state index in [4.69, 9.17) is 64.5 Å². The van der Waals surface area contributed by atoms with Gasteiger partial charge in [-0.15, -0.1) is 0 Å². The van der Waals surface area contributed by atoms with Crippen LogP contribution in [0.5, 0.6) is 5.75 Å². The van der Waals surface area contributed by atoms with Gasteiger partial charge in [-0.1, -0.05) is 126 Å². The number of fused-ring (bicyclic) bond motifs is 6. The van der Waals surface area contributed by atoms with Gasteiger partial charge in [0.25, 0.3) is 10.0 Å². The Balaban J connectivity index is 0.740.